The lowest BCUT2D eigenvalue weighted by Gasteiger charge is -2.24. The van der Waals surface area contributed by atoms with Gasteiger partial charge in [0.25, 0.3) is 0 Å². The second-order valence-corrected chi connectivity index (χ2v) is 7.88. The van der Waals surface area contributed by atoms with E-state index < -0.39 is 0 Å². The first-order valence-electron chi connectivity index (χ1n) is 11.4. The van der Waals surface area contributed by atoms with Gasteiger partial charge >= 0.3 is 0 Å². The molecule has 0 spiro atoms. The average molecular weight is 415 g/mol. The van der Waals surface area contributed by atoms with E-state index in [1.165, 1.54) is 11.1 Å². The van der Waals surface area contributed by atoms with Crippen molar-refractivity contribution in [3.63, 3.8) is 0 Å². The van der Waals surface area contributed by atoms with Crippen LogP contribution in [0.15, 0.2) is 18.2 Å². The van der Waals surface area contributed by atoms with Crippen molar-refractivity contribution in [1.82, 2.24) is 9.97 Å². The van der Waals surface area contributed by atoms with Crippen LogP contribution in [0, 0.1) is 5.92 Å². The molecule has 0 aliphatic carbocycles. The predicted octanol–water partition coefficient (Wildman–Crippen LogP) is 5.52. The zero-order chi connectivity index (χ0) is 22.8. The Balaban J connectivity index is 0.00000218. The fourth-order valence-corrected chi connectivity index (χ4v) is 3.34. The van der Waals surface area contributed by atoms with Crippen molar-refractivity contribution in [3.05, 3.63) is 35.0 Å². The van der Waals surface area contributed by atoms with Crippen LogP contribution in [-0.2, 0) is 12.8 Å². The van der Waals surface area contributed by atoms with E-state index >= 15 is 0 Å². The van der Waals surface area contributed by atoms with E-state index in [9.17, 15) is 5.11 Å². The Kier molecular flexibility index (Phi) is 10.8. The van der Waals surface area contributed by atoms with Gasteiger partial charge in [0.1, 0.15) is 11.6 Å². The van der Waals surface area contributed by atoms with Crippen LogP contribution in [0.5, 0.6) is 0 Å². The van der Waals surface area contributed by atoms with Crippen molar-refractivity contribution in [1.29, 1.82) is 0 Å². The third-order valence-corrected chi connectivity index (χ3v) is 5.25. The van der Waals surface area contributed by atoms with Crippen LogP contribution < -0.4 is 10.2 Å². The van der Waals surface area contributed by atoms with Crippen molar-refractivity contribution >= 4 is 11.6 Å². The fourth-order valence-electron chi connectivity index (χ4n) is 3.34. The highest BCUT2D eigenvalue weighted by Crippen LogP contribution is 2.34. The van der Waals surface area contributed by atoms with Crippen molar-refractivity contribution in [3.8, 4) is 11.3 Å². The summed E-state index contributed by atoms with van der Waals surface area (Å²) in [7, 11) is 3.99. The summed E-state index contributed by atoms with van der Waals surface area (Å²) in [6.07, 6.45) is 1.72. The summed E-state index contributed by atoms with van der Waals surface area (Å²) >= 11 is 0. The minimum atomic E-state index is 0.184. The van der Waals surface area contributed by atoms with Crippen LogP contribution in [0.2, 0.25) is 0 Å². The Morgan fingerprint density at radius 2 is 1.73 bits per heavy atom. The van der Waals surface area contributed by atoms with E-state index in [1.807, 2.05) is 20.9 Å². The van der Waals surface area contributed by atoms with Crippen molar-refractivity contribution in [2.75, 3.05) is 37.5 Å². The van der Waals surface area contributed by atoms with Crippen LogP contribution in [0.3, 0.4) is 0 Å². The fraction of sp³-hybridized carbons (Fsp3) is 0.600. The molecule has 0 fully saturated rings. The Hall–Kier alpha value is -2.14. The smallest absolute Gasteiger partial charge is 0.135 e. The number of hydrogen-bond acceptors (Lipinski definition) is 5. The second kappa shape index (κ2) is 12.5. The highest BCUT2D eigenvalue weighted by atomic mass is 16.3. The first-order valence-corrected chi connectivity index (χ1v) is 11.4. The lowest BCUT2D eigenvalue weighted by molar-refractivity contribution is 0.237. The topological polar surface area (TPSA) is 61.3 Å². The van der Waals surface area contributed by atoms with E-state index in [1.54, 1.807) is 0 Å². The van der Waals surface area contributed by atoms with Crippen LogP contribution in [-0.4, -0.2) is 42.3 Å². The minimum absolute atomic E-state index is 0.184. The maximum Gasteiger partial charge on any atom is 0.135 e. The van der Waals surface area contributed by atoms with Crippen molar-refractivity contribution in [2.24, 2.45) is 5.92 Å². The Morgan fingerprint density at radius 3 is 2.23 bits per heavy atom. The number of pyridine rings is 2. The SMILES string of the molecule is CC.CCc1cc(CC(C)CO)c(N(C)CC)nc1-c1ccc(C(C)C)nc1NC. The Morgan fingerprint density at radius 1 is 1.07 bits per heavy atom. The molecule has 0 aliphatic rings. The molecule has 1 unspecified atom stereocenters. The molecule has 30 heavy (non-hydrogen) atoms. The molecule has 0 saturated heterocycles. The van der Waals surface area contributed by atoms with E-state index in [0.29, 0.717) is 5.92 Å². The molecule has 0 saturated carbocycles. The van der Waals surface area contributed by atoms with Gasteiger partial charge in [-0.1, -0.05) is 41.5 Å². The zero-order valence-corrected chi connectivity index (χ0v) is 20.5. The average Bonchev–Trinajstić information content (AvgIpc) is 2.78. The van der Waals surface area contributed by atoms with Gasteiger partial charge in [0.2, 0.25) is 0 Å². The molecule has 2 N–H and O–H groups in total. The van der Waals surface area contributed by atoms with E-state index in [4.69, 9.17) is 9.97 Å². The van der Waals surface area contributed by atoms with Crippen LogP contribution in [0.4, 0.5) is 11.6 Å². The third kappa shape index (κ3) is 6.18. The molecule has 5 nitrogen and oxygen atoms in total. The van der Waals surface area contributed by atoms with E-state index in [0.717, 1.165) is 48.0 Å². The lowest BCUT2D eigenvalue weighted by Crippen LogP contribution is -2.21. The Bertz CT molecular complexity index is 789. The van der Waals surface area contributed by atoms with Gasteiger partial charge in [0.05, 0.1) is 5.69 Å². The number of aliphatic hydroxyl groups excluding tert-OH is 1. The summed E-state index contributed by atoms with van der Waals surface area (Å²) in [6, 6.07) is 6.51. The second-order valence-electron chi connectivity index (χ2n) is 7.88. The molecule has 0 amide bonds. The number of anilines is 2. The van der Waals surface area contributed by atoms with Gasteiger partial charge in [0, 0.05) is 38.5 Å². The molecule has 0 aromatic carbocycles. The molecule has 0 radical (unpaired) electrons. The first-order chi connectivity index (χ1) is 14.4. The van der Waals surface area contributed by atoms with Gasteiger partial charge in [-0.05, 0) is 60.9 Å². The highest BCUT2D eigenvalue weighted by Gasteiger charge is 2.19. The number of aryl methyl sites for hydroxylation is 1. The largest absolute Gasteiger partial charge is 0.396 e. The quantitative estimate of drug-likeness (QED) is 0.565. The molecule has 0 aliphatic heterocycles. The molecule has 5 heteroatoms. The summed E-state index contributed by atoms with van der Waals surface area (Å²) < 4.78 is 0. The lowest BCUT2D eigenvalue weighted by atomic mass is 9.96. The maximum atomic E-state index is 9.53. The maximum absolute atomic E-state index is 9.53. The van der Waals surface area contributed by atoms with Gasteiger partial charge in [-0.3, -0.25) is 0 Å². The molecule has 2 rings (SSSR count). The van der Waals surface area contributed by atoms with Crippen LogP contribution in [0.25, 0.3) is 11.3 Å². The number of aromatic nitrogens is 2. The Labute approximate surface area is 184 Å². The predicted molar refractivity (Wildman–Crippen MR) is 131 cm³/mol. The summed E-state index contributed by atoms with van der Waals surface area (Å²) in [6.45, 7) is 15.7. The molecule has 1 atom stereocenters. The number of hydrogen-bond donors (Lipinski definition) is 2. The van der Waals surface area contributed by atoms with Crippen LogP contribution >= 0.6 is 0 Å². The van der Waals surface area contributed by atoms with Gasteiger partial charge in [0.15, 0.2) is 0 Å². The van der Waals surface area contributed by atoms with Gasteiger partial charge in [-0.25, -0.2) is 9.97 Å². The van der Waals surface area contributed by atoms with Gasteiger partial charge in [-0.15, -0.1) is 0 Å². The van der Waals surface area contributed by atoms with Crippen LogP contribution in [0.1, 0.15) is 71.2 Å². The highest BCUT2D eigenvalue weighted by molar-refractivity contribution is 5.76. The monoisotopic (exact) mass is 414 g/mol. The number of aliphatic hydroxyl groups is 1. The van der Waals surface area contributed by atoms with Crippen molar-refractivity contribution in [2.45, 2.75) is 67.2 Å². The molecule has 2 heterocycles. The standard InChI is InChI=1S/C23H36N4O.C2H6/c1-8-17-13-18(12-16(5)14-28)23(27(7)9-2)26-21(17)19-10-11-20(15(3)4)25-22(19)24-6;1-2/h10-11,13,15-16,28H,8-9,12,14H2,1-7H3,(H,24,25);1-2H3. The normalized spacial score (nSPS) is 11.7. The summed E-state index contributed by atoms with van der Waals surface area (Å²) in [4.78, 5) is 12.1. The zero-order valence-electron chi connectivity index (χ0n) is 20.5. The molecule has 2 aromatic rings. The van der Waals surface area contributed by atoms with Gasteiger partial charge in [-0.2, -0.15) is 0 Å². The molecule has 2 aromatic heterocycles. The van der Waals surface area contributed by atoms with E-state index in [2.05, 4.69) is 70.1 Å². The molecular weight excluding hydrogens is 372 g/mol. The summed E-state index contributed by atoms with van der Waals surface area (Å²) in [5, 5.41) is 12.8. The third-order valence-electron chi connectivity index (χ3n) is 5.25. The molecule has 168 valence electrons. The summed E-state index contributed by atoms with van der Waals surface area (Å²) in [5.74, 6) is 2.45. The van der Waals surface area contributed by atoms with Crippen molar-refractivity contribution < 1.29 is 5.11 Å². The number of nitrogens with one attached hydrogen (secondary N) is 1. The molecule has 0 bridgehead atoms. The number of rotatable bonds is 9. The number of nitrogens with zero attached hydrogens (tertiary/aromatic N) is 3. The molecular formula is C25H42N4O. The van der Waals surface area contributed by atoms with E-state index in [-0.39, 0.29) is 12.5 Å². The minimum Gasteiger partial charge on any atom is -0.396 e. The first kappa shape index (κ1) is 25.9. The summed E-state index contributed by atoms with van der Waals surface area (Å²) in [5.41, 5.74) is 5.51. The van der Waals surface area contributed by atoms with Gasteiger partial charge < -0.3 is 15.3 Å².